The summed E-state index contributed by atoms with van der Waals surface area (Å²) < 4.78 is 10.5. The molecule has 1 aromatic carbocycles. The summed E-state index contributed by atoms with van der Waals surface area (Å²) in [6, 6.07) is 7.80. The van der Waals surface area contributed by atoms with Gasteiger partial charge in [-0.05, 0) is 37.1 Å². The lowest BCUT2D eigenvalue weighted by atomic mass is 10.1. The maximum atomic E-state index is 11.5. The number of rotatable bonds is 4. The Kier molecular flexibility index (Phi) is 3.76. The molecule has 0 spiro atoms. The van der Waals surface area contributed by atoms with Gasteiger partial charge in [-0.3, -0.25) is 4.90 Å². The van der Waals surface area contributed by atoms with Crippen LogP contribution in [0.1, 0.15) is 12.8 Å². The lowest BCUT2D eigenvalue weighted by Gasteiger charge is -2.21. The topological polar surface area (TPSA) is 50.8 Å². The number of benzene rings is 1. The first-order chi connectivity index (χ1) is 9.83. The highest BCUT2D eigenvalue weighted by molar-refractivity contribution is 5.89. The fourth-order valence-corrected chi connectivity index (χ4v) is 2.38. The minimum Gasteiger partial charge on any atom is -0.497 e. The van der Waals surface area contributed by atoms with Crippen LogP contribution < -0.4 is 10.2 Å². The molecule has 1 aromatic rings. The Morgan fingerprint density at radius 3 is 3.10 bits per heavy atom. The third kappa shape index (κ3) is 2.87. The van der Waals surface area contributed by atoms with Gasteiger partial charge in [-0.2, -0.15) is 0 Å². The van der Waals surface area contributed by atoms with E-state index < -0.39 is 0 Å². The fourth-order valence-electron chi connectivity index (χ4n) is 2.38. The lowest BCUT2D eigenvalue weighted by molar-refractivity contribution is 0.135. The Bertz CT molecular complexity index is 516. The van der Waals surface area contributed by atoms with Gasteiger partial charge in [0, 0.05) is 11.4 Å². The minimum atomic E-state index is -0.275. The average molecular weight is 274 g/mol. The Morgan fingerprint density at radius 1 is 1.40 bits per heavy atom. The molecule has 1 fully saturated rings. The van der Waals surface area contributed by atoms with E-state index in [2.05, 4.69) is 5.32 Å². The van der Waals surface area contributed by atoms with Crippen molar-refractivity contribution in [2.24, 2.45) is 0 Å². The Hall–Kier alpha value is -2.17. The Morgan fingerprint density at radius 2 is 2.35 bits per heavy atom. The normalized spacial score (nSPS) is 21.5. The van der Waals surface area contributed by atoms with E-state index in [4.69, 9.17) is 9.47 Å². The molecule has 20 heavy (non-hydrogen) atoms. The number of hydrogen-bond donors (Lipinski definition) is 1. The van der Waals surface area contributed by atoms with Crippen molar-refractivity contribution in [3.8, 4) is 0 Å². The van der Waals surface area contributed by atoms with Crippen LogP contribution in [0.2, 0.25) is 0 Å². The second-order valence-corrected chi connectivity index (χ2v) is 4.90. The summed E-state index contributed by atoms with van der Waals surface area (Å²) in [4.78, 5) is 13.2. The van der Waals surface area contributed by atoms with Crippen molar-refractivity contribution in [3.05, 3.63) is 36.6 Å². The second-order valence-electron chi connectivity index (χ2n) is 4.90. The summed E-state index contributed by atoms with van der Waals surface area (Å²) in [5, 5.41) is 3.36. The molecular formula is C15H18N2O3. The van der Waals surface area contributed by atoms with Crippen LogP contribution in [0.4, 0.5) is 16.2 Å². The Labute approximate surface area is 118 Å². The van der Waals surface area contributed by atoms with Gasteiger partial charge in [0.25, 0.3) is 0 Å². The predicted molar refractivity (Wildman–Crippen MR) is 76.9 cm³/mol. The summed E-state index contributed by atoms with van der Waals surface area (Å²) >= 11 is 0. The van der Waals surface area contributed by atoms with E-state index in [1.165, 1.54) is 0 Å². The molecule has 0 saturated carbocycles. The SMILES string of the molecule is O=C1OCCN1c1cccc(NCC2CCC=CO2)c1. The Balaban J connectivity index is 1.62. The quantitative estimate of drug-likeness (QED) is 0.917. The molecule has 2 aliphatic rings. The van der Waals surface area contributed by atoms with E-state index in [0.717, 1.165) is 30.8 Å². The molecule has 0 radical (unpaired) electrons. The van der Waals surface area contributed by atoms with Crippen LogP contribution in [0.15, 0.2) is 36.6 Å². The number of ether oxygens (including phenoxy) is 2. The molecule has 1 N–H and O–H groups in total. The van der Waals surface area contributed by atoms with Gasteiger partial charge in [0.2, 0.25) is 0 Å². The van der Waals surface area contributed by atoms with Gasteiger partial charge in [-0.15, -0.1) is 0 Å². The number of amides is 1. The molecule has 106 valence electrons. The fraction of sp³-hybridized carbons (Fsp3) is 0.400. The molecule has 2 aliphatic heterocycles. The average Bonchev–Trinajstić information content (AvgIpc) is 2.93. The molecule has 5 heteroatoms. The van der Waals surface area contributed by atoms with Crippen molar-refractivity contribution in [2.75, 3.05) is 29.9 Å². The van der Waals surface area contributed by atoms with Crippen molar-refractivity contribution in [1.29, 1.82) is 0 Å². The standard InChI is InChI=1S/C15H18N2O3/c18-15-17(7-9-20-15)13-5-3-4-12(10-13)16-11-14-6-1-2-8-19-14/h2-5,8,10,14,16H,1,6-7,9,11H2. The van der Waals surface area contributed by atoms with Gasteiger partial charge in [-0.1, -0.05) is 6.07 Å². The van der Waals surface area contributed by atoms with E-state index in [0.29, 0.717) is 13.2 Å². The molecule has 3 rings (SSSR count). The van der Waals surface area contributed by atoms with Crippen molar-refractivity contribution in [2.45, 2.75) is 18.9 Å². The largest absolute Gasteiger partial charge is 0.497 e. The van der Waals surface area contributed by atoms with Crippen molar-refractivity contribution < 1.29 is 14.3 Å². The number of allylic oxidation sites excluding steroid dienone is 1. The van der Waals surface area contributed by atoms with Crippen LogP contribution in [0.5, 0.6) is 0 Å². The monoisotopic (exact) mass is 274 g/mol. The molecule has 5 nitrogen and oxygen atoms in total. The van der Waals surface area contributed by atoms with Gasteiger partial charge < -0.3 is 14.8 Å². The highest BCUT2D eigenvalue weighted by atomic mass is 16.6. The summed E-state index contributed by atoms with van der Waals surface area (Å²) in [7, 11) is 0. The molecule has 0 bridgehead atoms. The number of cyclic esters (lactones) is 1. The van der Waals surface area contributed by atoms with E-state index in [1.54, 1.807) is 11.2 Å². The van der Waals surface area contributed by atoms with E-state index in [9.17, 15) is 4.79 Å². The van der Waals surface area contributed by atoms with Gasteiger partial charge in [0.1, 0.15) is 12.7 Å². The molecule has 0 aliphatic carbocycles. The second kappa shape index (κ2) is 5.86. The smallest absolute Gasteiger partial charge is 0.414 e. The molecule has 1 amide bonds. The van der Waals surface area contributed by atoms with Gasteiger partial charge in [-0.25, -0.2) is 4.79 Å². The molecule has 1 saturated heterocycles. The summed E-state index contributed by atoms with van der Waals surface area (Å²) in [5.74, 6) is 0. The number of nitrogens with zero attached hydrogens (tertiary/aromatic N) is 1. The van der Waals surface area contributed by atoms with Crippen LogP contribution in [-0.4, -0.2) is 31.9 Å². The zero-order chi connectivity index (χ0) is 13.8. The lowest BCUT2D eigenvalue weighted by Crippen LogP contribution is -2.24. The van der Waals surface area contributed by atoms with Crippen LogP contribution in [0, 0.1) is 0 Å². The third-order valence-electron chi connectivity index (χ3n) is 3.48. The predicted octanol–water partition coefficient (Wildman–Crippen LogP) is 2.75. The van der Waals surface area contributed by atoms with Crippen LogP contribution in [-0.2, 0) is 9.47 Å². The summed E-state index contributed by atoms with van der Waals surface area (Å²) in [6.07, 6.45) is 5.83. The van der Waals surface area contributed by atoms with Gasteiger partial charge in [0.05, 0.1) is 19.4 Å². The van der Waals surface area contributed by atoms with Crippen LogP contribution >= 0.6 is 0 Å². The number of nitrogens with one attached hydrogen (secondary N) is 1. The third-order valence-corrected chi connectivity index (χ3v) is 3.48. The summed E-state index contributed by atoms with van der Waals surface area (Å²) in [6.45, 7) is 1.83. The van der Waals surface area contributed by atoms with Crippen LogP contribution in [0.3, 0.4) is 0 Å². The summed E-state index contributed by atoms with van der Waals surface area (Å²) in [5.41, 5.74) is 1.85. The maximum absolute atomic E-state index is 11.5. The van der Waals surface area contributed by atoms with E-state index >= 15 is 0 Å². The molecule has 0 aromatic heterocycles. The first-order valence-electron chi connectivity index (χ1n) is 6.91. The van der Waals surface area contributed by atoms with Crippen molar-refractivity contribution in [1.82, 2.24) is 0 Å². The molecule has 1 unspecified atom stereocenters. The van der Waals surface area contributed by atoms with E-state index in [-0.39, 0.29) is 12.2 Å². The molecular weight excluding hydrogens is 256 g/mol. The highest BCUT2D eigenvalue weighted by Crippen LogP contribution is 2.22. The van der Waals surface area contributed by atoms with E-state index in [1.807, 2.05) is 30.3 Å². The number of carbonyl (C=O) groups is 1. The van der Waals surface area contributed by atoms with Crippen molar-refractivity contribution in [3.63, 3.8) is 0 Å². The minimum absolute atomic E-state index is 0.209. The first-order valence-corrected chi connectivity index (χ1v) is 6.91. The zero-order valence-electron chi connectivity index (χ0n) is 11.2. The first kappa shape index (κ1) is 12.8. The molecule has 2 heterocycles. The van der Waals surface area contributed by atoms with Gasteiger partial charge >= 0.3 is 6.09 Å². The van der Waals surface area contributed by atoms with Crippen molar-refractivity contribution >= 4 is 17.5 Å². The number of anilines is 2. The van der Waals surface area contributed by atoms with Crippen LogP contribution in [0.25, 0.3) is 0 Å². The highest BCUT2D eigenvalue weighted by Gasteiger charge is 2.23. The number of hydrogen-bond acceptors (Lipinski definition) is 4. The number of carbonyl (C=O) groups excluding carboxylic acids is 1. The zero-order valence-corrected chi connectivity index (χ0v) is 11.2. The molecule has 1 atom stereocenters. The van der Waals surface area contributed by atoms with Gasteiger partial charge in [0.15, 0.2) is 0 Å². The maximum Gasteiger partial charge on any atom is 0.414 e.